The quantitative estimate of drug-likeness (QED) is 0.106. The summed E-state index contributed by atoms with van der Waals surface area (Å²) in [6.07, 6.45) is 2.99. The number of ether oxygens (including phenoxy) is 3. The smallest absolute Gasteiger partial charge is 0.339 e. The summed E-state index contributed by atoms with van der Waals surface area (Å²) in [5.41, 5.74) is 3.27. The maximum atomic E-state index is 12.8. The van der Waals surface area contributed by atoms with Crippen molar-refractivity contribution >= 4 is 49.8 Å². The average molecular weight is 638 g/mol. The highest BCUT2D eigenvalue weighted by molar-refractivity contribution is 9.10. The Bertz CT molecular complexity index is 1460. The van der Waals surface area contributed by atoms with Crippen LogP contribution < -0.4 is 23.8 Å². The zero-order chi connectivity index (χ0) is 28.4. The lowest BCUT2D eigenvalue weighted by Gasteiger charge is -2.14. The fourth-order valence-corrected chi connectivity index (χ4v) is 4.91. The first-order valence-corrected chi connectivity index (χ1v) is 14.3. The Labute approximate surface area is 240 Å². The second-order valence-corrected chi connectivity index (χ2v) is 10.5. The number of benzene rings is 3. The van der Waals surface area contributed by atoms with E-state index < -0.39 is 16.0 Å². The number of carbonyl (C=O) groups is 1. The zero-order valence-electron chi connectivity index (χ0n) is 21.1. The molecule has 1 N–H and O–H groups in total. The molecule has 206 valence electrons. The zero-order valence-corrected chi connectivity index (χ0v) is 24.3. The number of rotatable bonds is 13. The highest BCUT2D eigenvalue weighted by Crippen LogP contribution is 2.38. The summed E-state index contributed by atoms with van der Waals surface area (Å²) in [5, 5.41) is 4.40. The first kappa shape index (κ1) is 30.0. The van der Waals surface area contributed by atoms with Crippen LogP contribution in [0, 0.1) is 0 Å². The minimum atomic E-state index is -4.16. The third-order valence-corrected chi connectivity index (χ3v) is 6.95. The molecular formula is C27H26BrClN2O7S. The van der Waals surface area contributed by atoms with Crippen molar-refractivity contribution in [3.63, 3.8) is 0 Å². The predicted octanol–water partition coefficient (Wildman–Crippen LogP) is 6.00. The van der Waals surface area contributed by atoms with E-state index >= 15 is 0 Å². The van der Waals surface area contributed by atoms with Gasteiger partial charge in [0.2, 0.25) is 0 Å². The van der Waals surface area contributed by atoms with Crippen molar-refractivity contribution in [3.05, 3.63) is 87.9 Å². The van der Waals surface area contributed by atoms with Crippen LogP contribution in [0.5, 0.6) is 23.0 Å². The minimum Gasteiger partial charge on any atom is -0.490 e. The first-order chi connectivity index (χ1) is 18.7. The van der Waals surface area contributed by atoms with Gasteiger partial charge in [0.15, 0.2) is 23.0 Å². The Balaban J connectivity index is 1.78. The van der Waals surface area contributed by atoms with Crippen LogP contribution in [0.3, 0.4) is 0 Å². The van der Waals surface area contributed by atoms with E-state index in [9.17, 15) is 13.2 Å². The van der Waals surface area contributed by atoms with Crippen molar-refractivity contribution in [2.24, 2.45) is 5.10 Å². The van der Waals surface area contributed by atoms with E-state index in [1.165, 1.54) is 36.5 Å². The third-order valence-electron chi connectivity index (χ3n) is 4.87. The van der Waals surface area contributed by atoms with E-state index in [4.69, 9.17) is 30.0 Å². The lowest BCUT2D eigenvalue weighted by molar-refractivity contribution is 0.0954. The van der Waals surface area contributed by atoms with Crippen LogP contribution in [0.15, 0.2) is 81.7 Å². The van der Waals surface area contributed by atoms with Gasteiger partial charge in [-0.1, -0.05) is 24.3 Å². The molecule has 3 rings (SSSR count). The van der Waals surface area contributed by atoms with E-state index in [0.29, 0.717) is 45.3 Å². The summed E-state index contributed by atoms with van der Waals surface area (Å²) in [7, 11) is -4.16. The third kappa shape index (κ3) is 8.22. The van der Waals surface area contributed by atoms with Crippen molar-refractivity contribution in [2.75, 3.05) is 19.8 Å². The fraction of sp³-hybridized carbons (Fsp3) is 0.185. The predicted molar refractivity (Wildman–Crippen MR) is 153 cm³/mol. The summed E-state index contributed by atoms with van der Waals surface area (Å²) < 4.78 is 48.0. The number of hydrazone groups is 1. The molecule has 0 aliphatic carbocycles. The van der Waals surface area contributed by atoms with Crippen molar-refractivity contribution in [3.8, 4) is 23.0 Å². The van der Waals surface area contributed by atoms with Crippen molar-refractivity contribution in [2.45, 2.75) is 18.7 Å². The Hall–Kier alpha value is -3.54. The minimum absolute atomic E-state index is 0.0322. The van der Waals surface area contributed by atoms with Crippen LogP contribution in [-0.4, -0.2) is 40.4 Å². The van der Waals surface area contributed by atoms with Gasteiger partial charge in [-0.25, -0.2) is 5.43 Å². The van der Waals surface area contributed by atoms with Gasteiger partial charge in [0.25, 0.3) is 5.91 Å². The molecule has 3 aromatic rings. The molecule has 9 nitrogen and oxygen atoms in total. The Morgan fingerprint density at radius 1 is 1.00 bits per heavy atom. The molecule has 1 amide bonds. The second kappa shape index (κ2) is 14.0. The van der Waals surface area contributed by atoms with Gasteiger partial charge >= 0.3 is 10.1 Å². The van der Waals surface area contributed by atoms with Gasteiger partial charge in [0.05, 0.1) is 23.9 Å². The van der Waals surface area contributed by atoms with E-state index in [2.05, 4.69) is 33.0 Å². The molecule has 0 aliphatic rings. The standard InChI is InChI=1S/C27H26BrClN2O7S/c1-4-13-37-23-12-7-19(16-24(23)35-5-2)27(32)31-30-17-18-14-22(28)26(25(15-18)36-6-3)38-39(33,34)21-10-8-20(29)9-11-21/h4,7-12,14-17H,1,5-6,13H2,2-3H3,(H,31,32)/b30-17+. The van der Waals surface area contributed by atoms with Crippen molar-refractivity contribution in [1.82, 2.24) is 5.43 Å². The molecule has 0 radical (unpaired) electrons. The fourth-order valence-electron chi connectivity index (χ4n) is 3.18. The molecule has 0 saturated heterocycles. The SMILES string of the molecule is C=CCOc1ccc(C(=O)N/N=C/c2cc(Br)c(OS(=O)(=O)c3ccc(Cl)cc3)c(OCC)c2)cc1OCC. The molecule has 0 atom stereocenters. The van der Waals surface area contributed by atoms with Gasteiger partial charge in [-0.05, 0) is 89.9 Å². The summed E-state index contributed by atoms with van der Waals surface area (Å²) >= 11 is 9.19. The highest BCUT2D eigenvalue weighted by atomic mass is 79.9. The maximum absolute atomic E-state index is 12.8. The van der Waals surface area contributed by atoms with Gasteiger partial charge < -0.3 is 18.4 Å². The number of nitrogens with one attached hydrogen (secondary N) is 1. The number of carbonyl (C=O) groups excluding carboxylic acids is 1. The van der Waals surface area contributed by atoms with Crippen molar-refractivity contribution in [1.29, 1.82) is 0 Å². The summed E-state index contributed by atoms with van der Waals surface area (Å²) in [5.74, 6) is 0.570. The molecule has 12 heteroatoms. The average Bonchev–Trinajstić information content (AvgIpc) is 2.90. The Morgan fingerprint density at radius 2 is 1.69 bits per heavy atom. The van der Waals surface area contributed by atoms with Gasteiger partial charge in [-0.15, -0.1) is 0 Å². The molecule has 0 aliphatic heterocycles. The topological polar surface area (TPSA) is 113 Å². The summed E-state index contributed by atoms with van der Waals surface area (Å²) in [6, 6.07) is 13.5. The van der Waals surface area contributed by atoms with Gasteiger partial charge in [-0.2, -0.15) is 13.5 Å². The van der Waals surface area contributed by atoms with E-state index in [-0.39, 0.29) is 23.0 Å². The van der Waals surface area contributed by atoms with Crippen LogP contribution >= 0.6 is 27.5 Å². The lowest BCUT2D eigenvalue weighted by Crippen LogP contribution is -2.18. The monoisotopic (exact) mass is 636 g/mol. The highest BCUT2D eigenvalue weighted by Gasteiger charge is 2.22. The van der Waals surface area contributed by atoms with E-state index in [0.717, 1.165) is 0 Å². The molecule has 0 saturated carbocycles. The lowest BCUT2D eigenvalue weighted by atomic mass is 10.2. The van der Waals surface area contributed by atoms with Gasteiger partial charge in [0.1, 0.15) is 11.5 Å². The van der Waals surface area contributed by atoms with Crippen LogP contribution in [0.2, 0.25) is 5.02 Å². The second-order valence-electron chi connectivity index (χ2n) is 7.65. The molecule has 0 aromatic heterocycles. The van der Waals surface area contributed by atoms with Crippen LogP contribution in [0.25, 0.3) is 0 Å². The Morgan fingerprint density at radius 3 is 2.36 bits per heavy atom. The van der Waals surface area contributed by atoms with Crippen LogP contribution in [-0.2, 0) is 10.1 Å². The number of hydrogen-bond donors (Lipinski definition) is 1. The first-order valence-electron chi connectivity index (χ1n) is 11.7. The summed E-state index contributed by atoms with van der Waals surface area (Å²) in [6.45, 7) is 8.13. The maximum Gasteiger partial charge on any atom is 0.339 e. The summed E-state index contributed by atoms with van der Waals surface area (Å²) in [4.78, 5) is 12.6. The van der Waals surface area contributed by atoms with Gasteiger partial charge in [-0.3, -0.25) is 4.79 Å². The number of halogens is 2. The molecule has 3 aromatic carbocycles. The normalized spacial score (nSPS) is 11.2. The number of nitrogens with zero attached hydrogens (tertiary/aromatic N) is 1. The van der Waals surface area contributed by atoms with Crippen molar-refractivity contribution < 1.29 is 31.6 Å². The van der Waals surface area contributed by atoms with Crippen LogP contribution in [0.1, 0.15) is 29.8 Å². The molecule has 0 spiro atoms. The number of hydrogen-bond acceptors (Lipinski definition) is 8. The molecule has 0 bridgehead atoms. The van der Waals surface area contributed by atoms with Gasteiger partial charge in [0, 0.05) is 10.6 Å². The Kier molecular flexibility index (Phi) is 10.8. The largest absolute Gasteiger partial charge is 0.490 e. The molecule has 0 fully saturated rings. The molecule has 0 unspecified atom stereocenters. The molecule has 39 heavy (non-hydrogen) atoms. The van der Waals surface area contributed by atoms with E-state index in [1.54, 1.807) is 37.3 Å². The number of amides is 1. The van der Waals surface area contributed by atoms with Crippen LogP contribution in [0.4, 0.5) is 0 Å². The molecule has 0 heterocycles. The molecular weight excluding hydrogens is 612 g/mol. The van der Waals surface area contributed by atoms with E-state index in [1.807, 2.05) is 6.92 Å².